The van der Waals surface area contributed by atoms with Crippen molar-refractivity contribution < 1.29 is 0 Å². The highest BCUT2D eigenvalue weighted by Crippen LogP contribution is 2.18. The highest BCUT2D eigenvalue weighted by molar-refractivity contribution is 5.47. The van der Waals surface area contributed by atoms with Crippen molar-refractivity contribution in [3.63, 3.8) is 0 Å². The Morgan fingerprint density at radius 2 is 2.35 bits per heavy atom. The molecule has 0 aromatic carbocycles. The second-order valence-corrected chi connectivity index (χ2v) is 4.40. The van der Waals surface area contributed by atoms with Gasteiger partial charge in [-0.25, -0.2) is 9.97 Å². The zero-order valence-electron chi connectivity index (χ0n) is 9.98. The minimum Gasteiger partial charge on any atom is -0.365 e. The lowest BCUT2D eigenvalue weighted by atomic mass is 9.93. The van der Waals surface area contributed by atoms with Gasteiger partial charge in [-0.15, -0.1) is 0 Å². The van der Waals surface area contributed by atoms with E-state index in [-0.39, 0.29) is 0 Å². The van der Waals surface area contributed by atoms with Crippen molar-refractivity contribution in [2.75, 3.05) is 18.4 Å². The number of rotatable bonds is 3. The van der Waals surface area contributed by atoms with Crippen LogP contribution in [0.4, 0.5) is 5.82 Å². The third kappa shape index (κ3) is 2.92. The molecular weight excluding hydrogens is 214 g/mol. The largest absolute Gasteiger partial charge is 0.365 e. The third-order valence-corrected chi connectivity index (χ3v) is 3.21. The van der Waals surface area contributed by atoms with Crippen molar-refractivity contribution in [2.24, 2.45) is 5.92 Å². The molecule has 2 heterocycles. The number of nitrogens with zero attached hydrogens (tertiary/aromatic N) is 3. The molecule has 1 saturated heterocycles. The number of aromatic nitrogens is 2. The standard InChI is InChI=1S/C12H17N5/c1-9(10-3-2-4-14-8-10)17-12-11(7-13)15-5-6-16-12/h5-6,9-10,14H,2-4,8H2,1H3,(H,16,17). The fraction of sp³-hybridized carbons (Fsp3) is 0.583. The molecule has 2 N–H and O–H groups in total. The zero-order valence-corrected chi connectivity index (χ0v) is 9.98. The van der Waals surface area contributed by atoms with Crippen LogP contribution in [0, 0.1) is 17.2 Å². The van der Waals surface area contributed by atoms with Crippen molar-refractivity contribution in [1.82, 2.24) is 15.3 Å². The Morgan fingerprint density at radius 1 is 1.53 bits per heavy atom. The molecule has 5 nitrogen and oxygen atoms in total. The molecule has 5 heteroatoms. The molecule has 0 saturated carbocycles. The Balaban J connectivity index is 2.02. The molecule has 0 aliphatic carbocycles. The number of nitrogens with one attached hydrogen (secondary N) is 2. The predicted molar refractivity (Wildman–Crippen MR) is 65.4 cm³/mol. The van der Waals surface area contributed by atoms with Gasteiger partial charge in [0.15, 0.2) is 11.5 Å². The average molecular weight is 231 g/mol. The van der Waals surface area contributed by atoms with Crippen molar-refractivity contribution >= 4 is 5.82 Å². The number of hydrogen-bond acceptors (Lipinski definition) is 5. The van der Waals surface area contributed by atoms with Crippen LogP contribution in [0.1, 0.15) is 25.5 Å². The van der Waals surface area contributed by atoms with E-state index in [9.17, 15) is 0 Å². The maximum Gasteiger partial charge on any atom is 0.182 e. The summed E-state index contributed by atoms with van der Waals surface area (Å²) < 4.78 is 0. The molecule has 1 aliphatic heterocycles. The van der Waals surface area contributed by atoms with Gasteiger partial charge in [-0.2, -0.15) is 5.26 Å². The van der Waals surface area contributed by atoms with Gasteiger partial charge in [0, 0.05) is 18.4 Å². The maximum atomic E-state index is 8.94. The highest BCUT2D eigenvalue weighted by Gasteiger charge is 2.20. The van der Waals surface area contributed by atoms with Gasteiger partial charge in [0.05, 0.1) is 0 Å². The summed E-state index contributed by atoms with van der Waals surface area (Å²) in [6.45, 7) is 4.27. The van der Waals surface area contributed by atoms with Gasteiger partial charge in [0.1, 0.15) is 6.07 Å². The van der Waals surface area contributed by atoms with Crippen LogP contribution in [0.5, 0.6) is 0 Å². The van der Waals surface area contributed by atoms with E-state index in [1.165, 1.54) is 19.0 Å². The van der Waals surface area contributed by atoms with Crippen LogP contribution in [0.15, 0.2) is 12.4 Å². The summed E-state index contributed by atoms with van der Waals surface area (Å²) in [5.41, 5.74) is 0.364. The first-order chi connectivity index (χ1) is 8.31. The van der Waals surface area contributed by atoms with Crippen LogP contribution in [-0.2, 0) is 0 Å². The molecule has 1 aromatic rings. The van der Waals surface area contributed by atoms with Crippen LogP contribution in [0.25, 0.3) is 0 Å². The van der Waals surface area contributed by atoms with Crippen LogP contribution in [-0.4, -0.2) is 29.1 Å². The molecule has 1 aliphatic rings. The lowest BCUT2D eigenvalue weighted by molar-refractivity contribution is 0.346. The van der Waals surface area contributed by atoms with E-state index in [1.807, 2.05) is 0 Å². The van der Waals surface area contributed by atoms with Crippen molar-refractivity contribution in [2.45, 2.75) is 25.8 Å². The molecule has 17 heavy (non-hydrogen) atoms. The molecule has 2 rings (SSSR count). The van der Waals surface area contributed by atoms with E-state index in [1.54, 1.807) is 6.20 Å². The Bertz CT molecular complexity index is 406. The van der Waals surface area contributed by atoms with Crippen LogP contribution in [0.3, 0.4) is 0 Å². The molecule has 1 aromatic heterocycles. The van der Waals surface area contributed by atoms with E-state index in [4.69, 9.17) is 5.26 Å². The highest BCUT2D eigenvalue weighted by atomic mass is 15.0. The zero-order chi connectivity index (χ0) is 12.1. The minimum absolute atomic E-state index is 0.298. The third-order valence-electron chi connectivity index (χ3n) is 3.21. The SMILES string of the molecule is CC(Nc1nccnc1C#N)C1CCCNC1. The summed E-state index contributed by atoms with van der Waals surface area (Å²) in [7, 11) is 0. The summed E-state index contributed by atoms with van der Waals surface area (Å²) in [6, 6.07) is 2.35. The summed E-state index contributed by atoms with van der Waals surface area (Å²) in [5, 5.41) is 15.6. The Morgan fingerprint density at radius 3 is 3.06 bits per heavy atom. The van der Waals surface area contributed by atoms with Gasteiger partial charge in [-0.3, -0.25) is 0 Å². The van der Waals surface area contributed by atoms with Crippen molar-refractivity contribution in [1.29, 1.82) is 5.26 Å². The van der Waals surface area contributed by atoms with E-state index in [2.05, 4.69) is 33.6 Å². The number of hydrogen-bond donors (Lipinski definition) is 2. The minimum atomic E-state index is 0.298. The topological polar surface area (TPSA) is 73.6 Å². The van der Waals surface area contributed by atoms with E-state index in [0.29, 0.717) is 23.5 Å². The predicted octanol–water partition coefficient (Wildman–Crippen LogP) is 1.15. The van der Waals surface area contributed by atoms with Crippen LogP contribution in [0.2, 0.25) is 0 Å². The molecule has 1 fully saturated rings. The smallest absolute Gasteiger partial charge is 0.182 e. The second-order valence-electron chi connectivity index (χ2n) is 4.40. The quantitative estimate of drug-likeness (QED) is 0.816. The lowest BCUT2D eigenvalue weighted by Crippen LogP contribution is -2.39. The molecule has 0 radical (unpaired) electrons. The van der Waals surface area contributed by atoms with E-state index >= 15 is 0 Å². The van der Waals surface area contributed by atoms with Gasteiger partial charge in [0.25, 0.3) is 0 Å². The first-order valence-electron chi connectivity index (χ1n) is 5.99. The normalized spacial score (nSPS) is 21.5. The van der Waals surface area contributed by atoms with Crippen LogP contribution >= 0.6 is 0 Å². The van der Waals surface area contributed by atoms with Crippen molar-refractivity contribution in [3.05, 3.63) is 18.1 Å². The number of anilines is 1. The van der Waals surface area contributed by atoms with E-state index in [0.717, 1.165) is 13.1 Å². The Labute approximate surface area is 101 Å². The Hall–Kier alpha value is -1.67. The molecule has 0 bridgehead atoms. The Kier molecular flexibility index (Phi) is 3.89. The van der Waals surface area contributed by atoms with Gasteiger partial charge >= 0.3 is 0 Å². The average Bonchev–Trinajstić information content (AvgIpc) is 2.40. The first-order valence-corrected chi connectivity index (χ1v) is 5.99. The maximum absolute atomic E-state index is 8.94. The first kappa shape index (κ1) is 11.8. The molecule has 2 unspecified atom stereocenters. The fourth-order valence-electron chi connectivity index (χ4n) is 2.16. The van der Waals surface area contributed by atoms with Gasteiger partial charge in [-0.05, 0) is 38.8 Å². The van der Waals surface area contributed by atoms with Gasteiger partial charge in [-0.1, -0.05) is 0 Å². The fourth-order valence-corrected chi connectivity index (χ4v) is 2.16. The molecule has 0 amide bonds. The molecule has 2 atom stereocenters. The number of piperidine rings is 1. The summed E-state index contributed by atoms with van der Waals surface area (Å²) in [5.74, 6) is 1.17. The van der Waals surface area contributed by atoms with Gasteiger partial charge in [0.2, 0.25) is 0 Å². The van der Waals surface area contributed by atoms with Crippen LogP contribution < -0.4 is 10.6 Å². The molecular formula is C12H17N5. The number of nitriles is 1. The molecule has 0 spiro atoms. The second kappa shape index (κ2) is 5.60. The van der Waals surface area contributed by atoms with Crippen molar-refractivity contribution in [3.8, 4) is 6.07 Å². The van der Waals surface area contributed by atoms with Gasteiger partial charge < -0.3 is 10.6 Å². The summed E-state index contributed by atoms with van der Waals surface area (Å²) in [4.78, 5) is 8.16. The lowest BCUT2D eigenvalue weighted by Gasteiger charge is -2.29. The summed E-state index contributed by atoms with van der Waals surface area (Å²) >= 11 is 0. The summed E-state index contributed by atoms with van der Waals surface area (Å²) in [6.07, 6.45) is 5.57. The monoisotopic (exact) mass is 231 g/mol. The molecule has 90 valence electrons. The van der Waals surface area contributed by atoms with E-state index < -0.39 is 0 Å².